The predicted octanol–water partition coefficient (Wildman–Crippen LogP) is 2.22. The van der Waals surface area contributed by atoms with E-state index in [0.29, 0.717) is 34.2 Å². The zero-order valence-electron chi connectivity index (χ0n) is 14.4. The van der Waals surface area contributed by atoms with Crippen LogP contribution >= 0.6 is 0 Å². The molecule has 0 saturated carbocycles. The van der Waals surface area contributed by atoms with Crippen molar-refractivity contribution in [3.8, 4) is 23.0 Å². The van der Waals surface area contributed by atoms with Crippen LogP contribution in [0.5, 0.6) is 23.0 Å². The van der Waals surface area contributed by atoms with E-state index in [9.17, 15) is 4.79 Å². The van der Waals surface area contributed by atoms with Crippen molar-refractivity contribution in [3.63, 3.8) is 0 Å². The van der Waals surface area contributed by atoms with E-state index in [1.54, 1.807) is 36.4 Å². The number of carbonyl (C=O) groups excluding carboxylic acids is 1. The van der Waals surface area contributed by atoms with Crippen LogP contribution in [0.3, 0.4) is 0 Å². The van der Waals surface area contributed by atoms with E-state index in [1.807, 2.05) is 0 Å². The highest BCUT2D eigenvalue weighted by atomic mass is 16.5. The molecule has 2 N–H and O–H groups in total. The third-order valence-electron chi connectivity index (χ3n) is 3.40. The Morgan fingerprint density at radius 3 is 2.20 bits per heavy atom. The number of aliphatic hydroxyl groups is 1. The molecule has 0 aliphatic heterocycles. The Morgan fingerprint density at radius 2 is 1.64 bits per heavy atom. The first-order chi connectivity index (χ1) is 12.1. The number of hydrogen-bond donors (Lipinski definition) is 2. The van der Waals surface area contributed by atoms with E-state index in [1.165, 1.54) is 21.3 Å². The van der Waals surface area contributed by atoms with Gasteiger partial charge < -0.3 is 29.4 Å². The fraction of sp³-hybridized carbons (Fsp3) is 0.278. The fourth-order valence-electron chi connectivity index (χ4n) is 2.15. The van der Waals surface area contributed by atoms with Crippen LogP contribution in [0.15, 0.2) is 36.4 Å². The molecule has 0 unspecified atom stereocenters. The van der Waals surface area contributed by atoms with E-state index in [-0.39, 0.29) is 19.1 Å². The minimum Gasteiger partial charge on any atom is -0.497 e. The fourth-order valence-corrected chi connectivity index (χ4v) is 2.15. The molecule has 0 aliphatic carbocycles. The minimum atomic E-state index is -0.344. The van der Waals surface area contributed by atoms with Gasteiger partial charge in [-0.05, 0) is 17.7 Å². The lowest BCUT2D eigenvalue weighted by Gasteiger charge is -2.13. The van der Waals surface area contributed by atoms with Crippen LogP contribution < -0.4 is 24.3 Å². The highest BCUT2D eigenvalue weighted by molar-refractivity contribution is 5.92. The molecule has 0 radical (unpaired) electrons. The number of hydrogen-bond acceptors (Lipinski definition) is 6. The number of methoxy groups -OCH3 is 3. The first-order valence-electron chi connectivity index (χ1n) is 7.53. The first-order valence-corrected chi connectivity index (χ1v) is 7.53. The second-order valence-corrected chi connectivity index (χ2v) is 5.08. The number of nitrogens with one attached hydrogen (secondary N) is 1. The summed E-state index contributed by atoms with van der Waals surface area (Å²) in [5.74, 6) is 1.65. The maximum absolute atomic E-state index is 12.1. The quantitative estimate of drug-likeness (QED) is 0.761. The van der Waals surface area contributed by atoms with Gasteiger partial charge in [0.05, 0.1) is 27.9 Å². The molecule has 134 valence electrons. The minimum absolute atomic E-state index is 0.102. The van der Waals surface area contributed by atoms with Gasteiger partial charge in [-0.1, -0.05) is 6.07 Å². The lowest BCUT2D eigenvalue weighted by molar-refractivity contribution is -0.118. The lowest BCUT2D eigenvalue weighted by atomic mass is 10.2. The molecule has 0 heterocycles. The number of amides is 1. The number of ether oxygens (including phenoxy) is 4. The Labute approximate surface area is 146 Å². The van der Waals surface area contributed by atoms with Gasteiger partial charge in [0, 0.05) is 23.9 Å². The molecule has 0 saturated heterocycles. The Hall–Kier alpha value is -2.93. The Bertz CT molecular complexity index is 709. The third-order valence-corrected chi connectivity index (χ3v) is 3.40. The van der Waals surface area contributed by atoms with Gasteiger partial charge in [0.2, 0.25) is 0 Å². The molecule has 2 rings (SSSR count). The van der Waals surface area contributed by atoms with E-state index in [4.69, 9.17) is 24.1 Å². The second-order valence-electron chi connectivity index (χ2n) is 5.08. The molecule has 7 heteroatoms. The molecule has 2 aromatic carbocycles. The van der Waals surface area contributed by atoms with Gasteiger partial charge in [-0.2, -0.15) is 0 Å². The van der Waals surface area contributed by atoms with Crippen LogP contribution in [0.1, 0.15) is 5.56 Å². The zero-order chi connectivity index (χ0) is 18.2. The largest absolute Gasteiger partial charge is 0.497 e. The van der Waals surface area contributed by atoms with Gasteiger partial charge >= 0.3 is 0 Å². The van der Waals surface area contributed by atoms with Crippen molar-refractivity contribution in [2.24, 2.45) is 0 Å². The second kappa shape index (κ2) is 8.79. The first kappa shape index (κ1) is 18.4. The van der Waals surface area contributed by atoms with Gasteiger partial charge in [0.1, 0.15) is 11.5 Å². The van der Waals surface area contributed by atoms with Crippen LogP contribution in [0, 0.1) is 0 Å². The SMILES string of the molecule is COc1cc(NC(=O)COc2ccc(CO)cc2OC)cc(OC)c1. The van der Waals surface area contributed by atoms with Gasteiger partial charge in [-0.25, -0.2) is 0 Å². The predicted molar refractivity (Wildman–Crippen MR) is 92.6 cm³/mol. The van der Waals surface area contributed by atoms with Gasteiger partial charge in [0.25, 0.3) is 5.91 Å². The van der Waals surface area contributed by atoms with Crippen molar-refractivity contribution in [3.05, 3.63) is 42.0 Å². The van der Waals surface area contributed by atoms with Crippen LogP contribution in [0.4, 0.5) is 5.69 Å². The van der Waals surface area contributed by atoms with E-state index in [2.05, 4.69) is 5.32 Å². The molecule has 2 aromatic rings. The van der Waals surface area contributed by atoms with Crippen molar-refractivity contribution in [1.82, 2.24) is 0 Å². The number of rotatable bonds is 8. The van der Waals surface area contributed by atoms with Gasteiger partial charge in [-0.3, -0.25) is 4.79 Å². The van der Waals surface area contributed by atoms with Crippen molar-refractivity contribution in [1.29, 1.82) is 0 Å². The summed E-state index contributed by atoms with van der Waals surface area (Å²) in [6, 6.07) is 10.1. The van der Waals surface area contributed by atoms with Crippen molar-refractivity contribution in [2.45, 2.75) is 6.61 Å². The smallest absolute Gasteiger partial charge is 0.262 e. The molecular formula is C18H21NO6. The number of benzene rings is 2. The molecule has 25 heavy (non-hydrogen) atoms. The van der Waals surface area contributed by atoms with Crippen LogP contribution in [-0.2, 0) is 11.4 Å². The summed E-state index contributed by atoms with van der Waals surface area (Å²) < 4.78 is 21.0. The highest BCUT2D eigenvalue weighted by Gasteiger charge is 2.10. The van der Waals surface area contributed by atoms with E-state index in [0.717, 1.165) is 0 Å². The Kier molecular flexibility index (Phi) is 6.47. The topological polar surface area (TPSA) is 86.3 Å². The van der Waals surface area contributed by atoms with Crippen molar-refractivity contribution < 1.29 is 28.8 Å². The molecule has 0 aliphatic rings. The number of anilines is 1. The lowest BCUT2D eigenvalue weighted by Crippen LogP contribution is -2.20. The molecular weight excluding hydrogens is 326 g/mol. The van der Waals surface area contributed by atoms with Crippen LogP contribution in [0.2, 0.25) is 0 Å². The average molecular weight is 347 g/mol. The third kappa shape index (κ3) is 5.02. The molecule has 0 fully saturated rings. The van der Waals surface area contributed by atoms with Gasteiger partial charge in [0.15, 0.2) is 18.1 Å². The van der Waals surface area contributed by atoms with Gasteiger partial charge in [-0.15, -0.1) is 0 Å². The molecule has 7 nitrogen and oxygen atoms in total. The normalized spacial score (nSPS) is 10.1. The maximum atomic E-state index is 12.1. The average Bonchev–Trinajstić information content (AvgIpc) is 2.65. The summed E-state index contributed by atoms with van der Waals surface area (Å²) in [7, 11) is 4.56. The summed E-state index contributed by atoms with van der Waals surface area (Å²) in [5.41, 5.74) is 1.23. The summed E-state index contributed by atoms with van der Waals surface area (Å²) in [5, 5.41) is 11.9. The standard InChI is InChI=1S/C18H21NO6/c1-22-14-7-13(8-15(9-14)23-2)19-18(21)11-25-16-5-4-12(10-20)6-17(16)24-3/h4-9,20H,10-11H2,1-3H3,(H,19,21). The number of aliphatic hydroxyl groups excluding tert-OH is 1. The summed E-state index contributed by atoms with van der Waals surface area (Å²) in [4.78, 5) is 12.1. The van der Waals surface area contributed by atoms with Crippen molar-refractivity contribution in [2.75, 3.05) is 33.3 Å². The molecule has 1 amide bonds. The highest BCUT2D eigenvalue weighted by Crippen LogP contribution is 2.28. The van der Waals surface area contributed by atoms with E-state index >= 15 is 0 Å². The molecule has 0 aromatic heterocycles. The molecule has 0 bridgehead atoms. The Morgan fingerprint density at radius 1 is 0.960 bits per heavy atom. The molecule has 0 atom stereocenters. The molecule has 0 spiro atoms. The number of carbonyl (C=O) groups is 1. The zero-order valence-corrected chi connectivity index (χ0v) is 14.4. The van der Waals surface area contributed by atoms with Crippen LogP contribution in [-0.4, -0.2) is 38.9 Å². The monoisotopic (exact) mass is 347 g/mol. The van der Waals surface area contributed by atoms with Crippen LogP contribution in [0.25, 0.3) is 0 Å². The maximum Gasteiger partial charge on any atom is 0.262 e. The summed E-state index contributed by atoms with van der Waals surface area (Å²) >= 11 is 0. The summed E-state index contributed by atoms with van der Waals surface area (Å²) in [6.07, 6.45) is 0. The summed E-state index contributed by atoms with van der Waals surface area (Å²) in [6.45, 7) is -0.302. The Balaban J connectivity index is 2.01. The van der Waals surface area contributed by atoms with Crippen molar-refractivity contribution >= 4 is 11.6 Å². The van der Waals surface area contributed by atoms with E-state index < -0.39 is 0 Å².